The number of carbonyl (C=O) groups excluding carboxylic acids is 4. The quantitative estimate of drug-likeness (QED) is 0.149. The highest BCUT2D eigenvalue weighted by Gasteiger charge is 2.60. The summed E-state index contributed by atoms with van der Waals surface area (Å²) in [5.41, 5.74) is 8.18. The Bertz CT molecular complexity index is 1840. The molecule has 6 fully saturated rings. The van der Waals surface area contributed by atoms with Crippen LogP contribution in [0.4, 0.5) is 9.59 Å². The van der Waals surface area contributed by atoms with Crippen molar-refractivity contribution in [2.45, 2.75) is 115 Å². The number of amides is 2. The molecule has 0 radical (unpaired) electrons. The largest absolute Gasteiger partial charge is 0.493 e. The molecule has 2 aromatic rings. The Morgan fingerprint density at radius 3 is 2.07 bits per heavy atom. The standard InChI is InChI=1S/C44H59N3O11/c1-42-18-28-19-43(2,23-42)25-44(20-28,24-42)47-41(51)56-22-33(45)39(49)57-31-10-8-30(9-11-31)46-40(50)58-35-13-7-27(17-37(35)54-5)15-32-29(21-55-38(32)48)14-26-6-12-34(52-3)36(16-26)53-4/h6-7,12-13,16-17,28-33H,8-11,14-15,18-25,45H2,1-5H3,(H,46,50)(H,47,51)/t28?,29-,30-,31+,32+,33-,42?,43?,44?/m1/s1. The molecule has 2 aromatic carbocycles. The number of nitrogens with one attached hydrogen (secondary N) is 2. The van der Waals surface area contributed by atoms with Gasteiger partial charge in [0.05, 0.1) is 33.9 Å². The smallest absolute Gasteiger partial charge is 0.412 e. The van der Waals surface area contributed by atoms with Crippen LogP contribution in [0, 0.1) is 28.6 Å². The molecule has 14 heteroatoms. The van der Waals surface area contributed by atoms with Gasteiger partial charge in [-0.25, -0.2) is 9.59 Å². The van der Waals surface area contributed by atoms with Crippen molar-refractivity contribution in [1.82, 2.24) is 10.6 Å². The van der Waals surface area contributed by atoms with Crippen LogP contribution >= 0.6 is 0 Å². The minimum Gasteiger partial charge on any atom is -0.493 e. The summed E-state index contributed by atoms with van der Waals surface area (Å²) in [6.45, 7) is 4.74. The average molecular weight is 806 g/mol. The molecule has 316 valence electrons. The molecule has 0 aromatic heterocycles. The number of cyclic esters (lactones) is 1. The van der Waals surface area contributed by atoms with Crippen LogP contribution in [0.1, 0.15) is 89.2 Å². The number of esters is 2. The van der Waals surface area contributed by atoms with Gasteiger partial charge >= 0.3 is 24.1 Å². The Hall–Kier alpha value is -4.72. The summed E-state index contributed by atoms with van der Waals surface area (Å²) < 4.78 is 38.6. The van der Waals surface area contributed by atoms with Gasteiger partial charge in [0.2, 0.25) is 0 Å². The molecule has 6 aliphatic rings. The SMILES string of the molecule is COc1ccc(C[C@@H]2COC(=O)[C@H]2Cc2ccc(OC(=O)N[C@H]3CC[C@@H](OC(=O)[C@H](N)COC(=O)NC45CC6CC(C)(CC(C)(C6)C4)C5)CC3)c(OC)c2)cc1OC. The summed E-state index contributed by atoms with van der Waals surface area (Å²) in [5.74, 6) is 1.23. The van der Waals surface area contributed by atoms with E-state index in [9.17, 15) is 19.2 Å². The van der Waals surface area contributed by atoms with Gasteiger partial charge in [0.15, 0.2) is 23.0 Å². The van der Waals surface area contributed by atoms with Gasteiger partial charge in [0.25, 0.3) is 0 Å². The third kappa shape index (κ3) is 9.43. The van der Waals surface area contributed by atoms with Gasteiger partial charge in [0.1, 0.15) is 18.8 Å². The lowest BCUT2D eigenvalue weighted by Gasteiger charge is -2.65. The number of alkyl carbamates (subject to hydrolysis) is 1. The zero-order valence-corrected chi connectivity index (χ0v) is 34.4. The second kappa shape index (κ2) is 16.9. The van der Waals surface area contributed by atoms with E-state index in [0.29, 0.717) is 68.3 Å². The summed E-state index contributed by atoms with van der Waals surface area (Å²) >= 11 is 0. The number of hydrogen-bond donors (Lipinski definition) is 3. The minimum atomic E-state index is -1.10. The lowest BCUT2D eigenvalue weighted by molar-refractivity contribution is -0.153. The fourth-order valence-electron chi connectivity index (χ4n) is 11.5. The van der Waals surface area contributed by atoms with Crippen molar-refractivity contribution < 1.29 is 52.3 Å². The molecule has 2 unspecified atom stereocenters. The molecule has 5 atom stereocenters. The van der Waals surface area contributed by atoms with E-state index in [2.05, 4.69) is 24.5 Å². The van der Waals surface area contributed by atoms with Gasteiger partial charge in [-0.2, -0.15) is 0 Å². The predicted molar refractivity (Wildman–Crippen MR) is 212 cm³/mol. The van der Waals surface area contributed by atoms with Gasteiger partial charge in [-0.05, 0) is 129 Å². The van der Waals surface area contributed by atoms with E-state index in [-0.39, 0.29) is 58.7 Å². The summed E-state index contributed by atoms with van der Waals surface area (Å²) in [6, 6.07) is 9.70. The minimum absolute atomic E-state index is 0.0375. The van der Waals surface area contributed by atoms with Crippen molar-refractivity contribution in [3.8, 4) is 23.0 Å². The van der Waals surface area contributed by atoms with Gasteiger partial charge in [-0.1, -0.05) is 26.0 Å². The molecule has 1 aliphatic heterocycles. The lowest BCUT2D eigenvalue weighted by atomic mass is 9.43. The monoisotopic (exact) mass is 805 g/mol. The Morgan fingerprint density at radius 2 is 1.43 bits per heavy atom. The van der Waals surface area contributed by atoms with E-state index in [0.717, 1.165) is 30.4 Å². The second-order valence-electron chi connectivity index (χ2n) is 18.3. The van der Waals surface area contributed by atoms with Crippen LogP contribution in [-0.2, 0) is 36.6 Å². The second-order valence-corrected chi connectivity index (χ2v) is 18.3. The van der Waals surface area contributed by atoms with Crippen molar-refractivity contribution in [1.29, 1.82) is 0 Å². The maximum Gasteiger partial charge on any atom is 0.412 e. The first-order valence-corrected chi connectivity index (χ1v) is 20.6. The highest BCUT2D eigenvalue weighted by atomic mass is 16.6. The molecule has 5 aliphatic carbocycles. The van der Waals surface area contributed by atoms with Crippen molar-refractivity contribution in [3.05, 3.63) is 47.5 Å². The fourth-order valence-corrected chi connectivity index (χ4v) is 11.5. The molecule has 1 heterocycles. The highest BCUT2D eigenvalue weighted by molar-refractivity contribution is 5.77. The third-order valence-corrected chi connectivity index (χ3v) is 13.1. The van der Waals surface area contributed by atoms with E-state index in [1.165, 1.54) is 26.4 Å². The number of carbonyl (C=O) groups is 4. The van der Waals surface area contributed by atoms with Gasteiger partial charge < -0.3 is 49.5 Å². The molecule has 14 nitrogen and oxygen atoms in total. The number of nitrogens with two attached hydrogens (primary N) is 1. The Kier molecular flexibility index (Phi) is 12.1. The molecule has 4 N–H and O–H groups in total. The number of hydrogen-bond acceptors (Lipinski definition) is 12. The normalized spacial score (nSPS) is 31.4. The summed E-state index contributed by atoms with van der Waals surface area (Å²) in [5, 5.41) is 6.09. The predicted octanol–water partition coefficient (Wildman–Crippen LogP) is 6.03. The Balaban J connectivity index is 0.829. The number of rotatable bonds is 14. The van der Waals surface area contributed by atoms with Gasteiger partial charge in [-0.15, -0.1) is 0 Å². The summed E-state index contributed by atoms with van der Waals surface area (Å²) in [6.07, 6.45) is 8.26. The molecule has 8 rings (SSSR count). The summed E-state index contributed by atoms with van der Waals surface area (Å²) in [4.78, 5) is 51.5. The van der Waals surface area contributed by atoms with E-state index < -0.39 is 24.2 Å². The third-order valence-electron chi connectivity index (χ3n) is 13.1. The Morgan fingerprint density at radius 1 is 0.810 bits per heavy atom. The number of methoxy groups -OCH3 is 3. The molecule has 0 spiro atoms. The molecule has 1 saturated heterocycles. The maximum atomic E-state index is 13.0. The van der Waals surface area contributed by atoms with Crippen LogP contribution in [0.15, 0.2) is 36.4 Å². The maximum absolute atomic E-state index is 13.0. The Labute approximate surface area is 340 Å². The number of benzene rings is 2. The first-order chi connectivity index (χ1) is 27.7. The lowest BCUT2D eigenvalue weighted by Crippen LogP contribution is -2.65. The van der Waals surface area contributed by atoms with Crippen LogP contribution in [0.2, 0.25) is 0 Å². The van der Waals surface area contributed by atoms with Crippen molar-refractivity contribution >= 4 is 24.1 Å². The molecule has 5 saturated carbocycles. The van der Waals surface area contributed by atoms with Crippen LogP contribution in [0.3, 0.4) is 0 Å². The zero-order valence-electron chi connectivity index (χ0n) is 34.4. The molecular weight excluding hydrogens is 746 g/mol. The average Bonchev–Trinajstić information content (AvgIpc) is 3.50. The summed E-state index contributed by atoms with van der Waals surface area (Å²) in [7, 11) is 4.67. The van der Waals surface area contributed by atoms with Crippen LogP contribution in [0.25, 0.3) is 0 Å². The van der Waals surface area contributed by atoms with Crippen molar-refractivity contribution in [2.24, 2.45) is 34.3 Å². The first kappa shape index (κ1) is 41.4. The number of ether oxygens (including phenoxy) is 7. The fraction of sp³-hybridized carbons (Fsp3) is 0.636. The van der Waals surface area contributed by atoms with E-state index in [1.807, 2.05) is 24.3 Å². The zero-order chi connectivity index (χ0) is 41.2. The van der Waals surface area contributed by atoms with E-state index in [4.69, 9.17) is 38.9 Å². The molecule has 58 heavy (non-hydrogen) atoms. The highest BCUT2D eigenvalue weighted by Crippen LogP contribution is 2.66. The van der Waals surface area contributed by atoms with E-state index in [1.54, 1.807) is 26.4 Å². The van der Waals surface area contributed by atoms with Gasteiger partial charge in [0, 0.05) is 17.5 Å². The van der Waals surface area contributed by atoms with Gasteiger partial charge in [-0.3, -0.25) is 9.59 Å². The van der Waals surface area contributed by atoms with E-state index >= 15 is 0 Å². The van der Waals surface area contributed by atoms with Crippen LogP contribution < -0.4 is 35.3 Å². The molecule has 2 amide bonds. The van der Waals surface area contributed by atoms with Crippen molar-refractivity contribution in [2.75, 3.05) is 34.5 Å². The van der Waals surface area contributed by atoms with Crippen molar-refractivity contribution in [3.63, 3.8) is 0 Å². The molecule has 4 bridgehead atoms. The topological polar surface area (TPSA) is 183 Å². The van der Waals surface area contributed by atoms with Crippen LogP contribution in [-0.4, -0.2) is 82.4 Å². The first-order valence-electron chi connectivity index (χ1n) is 20.6. The van der Waals surface area contributed by atoms with Crippen LogP contribution in [0.5, 0.6) is 23.0 Å². The molecular formula is C44H59N3O11.